The van der Waals surface area contributed by atoms with Gasteiger partial charge in [0, 0.05) is 63.1 Å². The number of carbonyl (C=O) groups excluding carboxylic acids is 4. The molecule has 0 radical (unpaired) electrons. The van der Waals surface area contributed by atoms with Crippen molar-refractivity contribution in [2.24, 2.45) is 11.3 Å². The third-order valence-corrected chi connectivity index (χ3v) is 12.4. The molecule has 8 heteroatoms. The summed E-state index contributed by atoms with van der Waals surface area (Å²) >= 11 is 0. The van der Waals surface area contributed by atoms with Gasteiger partial charge in [-0.25, -0.2) is 0 Å². The quantitative estimate of drug-likeness (QED) is 0.0493. The van der Waals surface area contributed by atoms with E-state index >= 15 is 14.4 Å². The fraction of sp³-hybridized carbons (Fsp3) is 0.111. The van der Waals surface area contributed by atoms with Crippen LogP contribution in [0.4, 0.5) is 0 Å². The molecule has 0 spiro atoms. The van der Waals surface area contributed by atoms with E-state index < -0.39 is 34.3 Å². The van der Waals surface area contributed by atoms with E-state index in [-0.39, 0.29) is 81.1 Å². The fourth-order valence-electron chi connectivity index (χ4n) is 9.22. The molecule has 0 bridgehead atoms. The molecule has 1 N–H and O–H groups in total. The maximum atomic E-state index is 15.9. The summed E-state index contributed by atoms with van der Waals surface area (Å²) in [5, 5.41) is 14.9. The zero-order chi connectivity index (χ0) is 48.1. The summed E-state index contributed by atoms with van der Waals surface area (Å²) in [5.41, 5.74) is -0.427. The van der Waals surface area contributed by atoms with Crippen LogP contribution in [-0.4, -0.2) is 41.0 Å². The second kappa shape index (κ2) is 25.2. The van der Waals surface area contributed by atoms with E-state index in [1.54, 1.807) is 43.4 Å². The van der Waals surface area contributed by atoms with E-state index in [9.17, 15) is 9.90 Å². The van der Waals surface area contributed by atoms with Gasteiger partial charge in [0.25, 0.3) is 0 Å². The number of allylic oxidation sites excluding steroid dienone is 6. The Bertz CT molecular complexity index is 3060. The molecule has 2 unspecified atom stereocenters. The third-order valence-electron chi connectivity index (χ3n) is 12.4. The topological polar surface area (TPSA) is 97.7 Å². The fourth-order valence-corrected chi connectivity index (χ4v) is 9.22. The van der Waals surface area contributed by atoms with Crippen LogP contribution in [0, 0.1) is 11.3 Å². The van der Waals surface area contributed by atoms with E-state index in [1.807, 2.05) is 182 Å². The van der Waals surface area contributed by atoms with E-state index in [0.717, 1.165) is 16.7 Å². The molecule has 2 aliphatic rings. The molecule has 0 heterocycles. The molecule has 0 aliphatic heterocycles. The van der Waals surface area contributed by atoms with Crippen molar-refractivity contribution in [1.29, 1.82) is 0 Å². The molecule has 6 nitrogen and oxygen atoms in total. The summed E-state index contributed by atoms with van der Waals surface area (Å²) in [6.45, 7) is 1.78. The zero-order valence-corrected chi connectivity index (χ0v) is 42.1. The summed E-state index contributed by atoms with van der Waals surface area (Å²) in [7, 11) is 0. The summed E-state index contributed by atoms with van der Waals surface area (Å²) in [6.07, 6.45) is 17.5. The summed E-state index contributed by atoms with van der Waals surface area (Å²) in [4.78, 5) is 61.1. The maximum Gasteiger partial charge on any atom is 0.186 e. The molecule has 8 rings (SSSR count). The molecule has 0 amide bonds. The monoisotopic (exact) mass is 1120 g/mol. The molecule has 71 heavy (non-hydrogen) atoms. The van der Waals surface area contributed by atoms with Gasteiger partial charge >= 0.3 is 0 Å². The average molecular weight is 1120 g/mol. The van der Waals surface area contributed by atoms with Crippen molar-refractivity contribution in [2.45, 2.75) is 25.4 Å². The summed E-state index contributed by atoms with van der Waals surface area (Å²) < 4.78 is 6.54. The van der Waals surface area contributed by atoms with Crippen molar-refractivity contribution in [3.8, 4) is 0 Å². The zero-order valence-electron chi connectivity index (χ0n) is 39.0. The van der Waals surface area contributed by atoms with Crippen LogP contribution in [0.25, 0.3) is 36.5 Å². The van der Waals surface area contributed by atoms with Gasteiger partial charge < -0.3 is 9.84 Å². The molecular weight excluding hydrogens is 1070 g/mol. The molecule has 6 aromatic carbocycles. The van der Waals surface area contributed by atoms with Crippen molar-refractivity contribution < 1.29 is 69.9 Å². The number of rotatable bonds is 19. The first-order chi connectivity index (χ1) is 33.8. The number of ketones is 3. The largest absolute Gasteiger partial charge is 0.495 e. The molecule has 1 saturated carbocycles. The third kappa shape index (κ3) is 12.1. The SMILES string of the molecule is CCOC1=CC(C=O)=C(C(=Cc2ccccc2)C(=O)C=Cc2ccccc2)C(C(=Cc2ccccc2)C(=O)C=Cc2ccccc2)(C2CC2)C1(O)C(=Cc1ccccc1)C(=O)C=Cc1ccccc1.[Pd].[Pd]. The van der Waals surface area contributed by atoms with Crippen LogP contribution in [0.3, 0.4) is 0 Å². The van der Waals surface area contributed by atoms with Gasteiger partial charge in [-0.2, -0.15) is 0 Å². The molecule has 0 aromatic heterocycles. The predicted molar refractivity (Wildman–Crippen MR) is 278 cm³/mol. The molecule has 0 saturated heterocycles. The second-order valence-corrected chi connectivity index (χ2v) is 16.9. The van der Waals surface area contributed by atoms with Gasteiger partial charge in [0.2, 0.25) is 0 Å². The van der Waals surface area contributed by atoms with Crippen molar-refractivity contribution in [2.75, 3.05) is 6.61 Å². The molecular formula is C63H52O6Pd2. The Morgan fingerprint density at radius 3 is 1.25 bits per heavy atom. The summed E-state index contributed by atoms with van der Waals surface area (Å²) in [6, 6.07) is 55.8. The minimum absolute atomic E-state index is 0. The number of aldehydes is 1. The van der Waals surface area contributed by atoms with Gasteiger partial charge in [0.15, 0.2) is 29.2 Å². The van der Waals surface area contributed by atoms with Crippen molar-refractivity contribution >= 4 is 60.1 Å². The average Bonchev–Trinajstić information content (AvgIpc) is 4.25. The Hall–Kier alpha value is -7.00. The molecule has 360 valence electrons. The Labute approximate surface area is 443 Å². The first-order valence-corrected chi connectivity index (χ1v) is 23.2. The number of carbonyl (C=O) groups is 4. The second-order valence-electron chi connectivity index (χ2n) is 16.9. The van der Waals surface area contributed by atoms with Crippen LogP contribution in [0.15, 0.2) is 240 Å². The van der Waals surface area contributed by atoms with Crippen LogP contribution in [0.5, 0.6) is 0 Å². The van der Waals surface area contributed by atoms with Gasteiger partial charge in [0.05, 0.1) is 12.0 Å². The first-order valence-electron chi connectivity index (χ1n) is 23.2. The standard InChI is InChI=1S/C63H52O6.2Pd/c1-2-69-60-44-52(45-64)61(54(41-49-27-15-6-16-28-49)57(65)38-33-46-21-9-3-10-22-46)62(53-36-37-53,55(42-50-29-17-7-18-30-50)58(66)39-34-47-23-11-4-12-24-47)63(60,68)56(43-51-31-19-8-20-32-51)59(67)40-35-48-25-13-5-14-26-48;;/h3-35,38-45,53,68H,2,36-37H2,1H3;;. The van der Waals surface area contributed by atoms with Gasteiger partial charge in [-0.3, -0.25) is 19.2 Å². The first kappa shape index (κ1) is 53.4. The van der Waals surface area contributed by atoms with Gasteiger partial charge in [-0.15, -0.1) is 0 Å². The van der Waals surface area contributed by atoms with Gasteiger partial charge in [-0.1, -0.05) is 200 Å². The Morgan fingerprint density at radius 1 is 0.521 bits per heavy atom. The van der Waals surface area contributed by atoms with Gasteiger partial charge in [-0.05, 0) is 107 Å². The van der Waals surface area contributed by atoms with Crippen LogP contribution < -0.4 is 0 Å². The van der Waals surface area contributed by atoms with E-state index in [2.05, 4.69) is 0 Å². The molecule has 1 fully saturated rings. The van der Waals surface area contributed by atoms with Crippen LogP contribution in [0.2, 0.25) is 0 Å². The van der Waals surface area contributed by atoms with E-state index in [1.165, 1.54) is 24.3 Å². The van der Waals surface area contributed by atoms with Crippen molar-refractivity contribution in [3.63, 3.8) is 0 Å². The number of benzene rings is 6. The molecule has 2 atom stereocenters. The van der Waals surface area contributed by atoms with Crippen molar-refractivity contribution in [1.82, 2.24) is 0 Å². The number of hydrogen-bond acceptors (Lipinski definition) is 6. The number of aliphatic hydroxyl groups is 1. The van der Waals surface area contributed by atoms with E-state index in [4.69, 9.17) is 4.74 Å². The van der Waals surface area contributed by atoms with Crippen LogP contribution in [0.1, 0.15) is 53.1 Å². The Kier molecular flexibility index (Phi) is 19.0. The smallest absolute Gasteiger partial charge is 0.186 e. The normalized spacial score (nSPS) is 18.4. The maximum absolute atomic E-state index is 15.9. The minimum Gasteiger partial charge on any atom is -0.495 e. The van der Waals surface area contributed by atoms with Crippen LogP contribution in [-0.2, 0) is 64.8 Å². The number of ether oxygens (including phenoxy) is 1. The number of hydrogen-bond donors (Lipinski definition) is 1. The molecule has 6 aromatic rings. The minimum atomic E-state index is -2.56. The predicted octanol–water partition coefficient (Wildman–Crippen LogP) is 12.6. The summed E-state index contributed by atoms with van der Waals surface area (Å²) in [5.74, 6) is -2.32. The van der Waals surface area contributed by atoms with Crippen molar-refractivity contribution in [3.05, 3.63) is 273 Å². The Morgan fingerprint density at radius 2 is 0.873 bits per heavy atom. The van der Waals surface area contributed by atoms with Crippen LogP contribution >= 0.6 is 0 Å². The molecule has 2 aliphatic carbocycles. The van der Waals surface area contributed by atoms with Gasteiger partial charge in [0.1, 0.15) is 5.76 Å². The van der Waals surface area contributed by atoms with E-state index in [0.29, 0.717) is 35.8 Å². The Balaban J connectivity index is 0.00000413.